The van der Waals surface area contributed by atoms with Gasteiger partial charge in [0.25, 0.3) is 0 Å². The minimum atomic E-state index is -0.461. The third-order valence-corrected chi connectivity index (χ3v) is 3.30. The average molecular weight is 250 g/mol. The van der Waals surface area contributed by atoms with E-state index in [0.29, 0.717) is 0 Å². The molecule has 0 saturated carbocycles. The predicted octanol–water partition coefficient (Wildman–Crippen LogP) is 2.36. The fraction of sp³-hybridized carbons (Fsp3) is 0.0909. The smallest absolute Gasteiger partial charge is 0.238 e. The van der Waals surface area contributed by atoms with E-state index in [1.54, 1.807) is 0 Å². The average Bonchev–Trinajstić information content (AvgIpc) is 2.35. The first kappa shape index (κ1) is 11.8. The van der Waals surface area contributed by atoms with Crippen molar-refractivity contribution in [3.63, 3.8) is 0 Å². The van der Waals surface area contributed by atoms with Crippen molar-refractivity contribution in [2.24, 2.45) is 5.84 Å². The summed E-state index contributed by atoms with van der Waals surface area (Å²) in [6, 6.07) is 7.71. The molecule has 6 heteroatoms. The molecule has 2 aromatic rings. The van der Waals surface area contributed by atoms with Gasteiger partial charge in [-0.3, -0.25) is 5.43 Å². The highest BCUT2D eigenvalue weighted by molar-refractivity contribution is 7.99. The Morgan fingerprint density at radius 1 is 1.35 bits per heavy atom. The van der Waals surface area contributed by atoms with Gasteiger partial charge < -0.3 is 0 Å². The first-order valence-corrected chi connectivity index (χ1v) is 5.75. The number of nitrogens with one attached hydrogen (secondary N) is 1. The van der Waals surface area contributed by atoms with Crippen LogP contribution in [0.4, 0.5) is 10.3 Å². The molecule has 1 heterocycles. The van der Waals surface area contributed by atoms with Gasteiger partial charge in [0.2, 0.25) is 5.95 Å². The molecule has 17 heavy (non-hydrogen) atoms. The van der Waals surface area contributed by atoms with E-state index in [9.17, 15) is 4.39 Å². The first-order valence-electron chi connectivity index (χ1n) is 4.93. The quantitative estimate of drug-likeness (QED) is 0.497. The van der Waals surface area contributed by atoms with Crippen LogP contribution in [0.5, 0.6) is 0 Å². The maximum absolute atomic E-state index is 13.5. The van der Waals surface area contributed by atoms with Crippen molar-refractivity contribution >= 4 is 17.7 Å². The number of halogens is 1. The van der Waals surface area contributed by atoms with Gasteiger partial charge in [-0.05, 0) is 18.6 Å². The molecule has 1 aromatic heterocycles. The van der Waals surface area contributed by atoms with Crippen molar-refractivity contribution in [2.45, 2.75) is 16.8 Å². The number of nitrogens with zero attached hydrogens (tertiary/aromatic N) is 2. The zero-order chi connectivity index (χ0) is 12.3. The van der Waals surface area contributed by atoms with Crippen LogP contribution in [0.15, 0.2) is 40.4 Å². The Hall–Kier alpha value is -1.66. The van der Waals surface area contributed by atoms with Crippen LogP contribution in [0.1, 0.15) is 5.56 Å². The molecule has 0 radical (unpaired) electrons. The SMILES string of the molecule is Cc1ccccc1Sc1nc(NN)ncc1F. The van der Waals surface area contributed by atoms with E-state index in [2.05, 4.69) is 15.4 Å². The molecule has 88 valence electrons. The van der Waals surface area contributed by atoms with Gasteiger partial charge in [-0.15, -0.1) is 0 Å². The molecule has 0 aliphatic carbocycles. The number of hydrazine groups is 1. The third kappa shape index (κ3) is 2.72. The second-order valence-corrected chi connectivity index (χ2v) is 4.39. The summed E-state index contributed by atoms with van der Waals surface area (Å²) in [5.74, 6) is 4.92. The lowest BCUT2D eigenvalue weighted by Crippen LogP contribution is -2.11. The first-order chi connectivity index (χ1) is 8.20. The van der Waals surface area contributed by atoms with Gasteiger partial charge in [0, 0.05) is 4.90 Å². The second-order valence-electron chi connectivity index (χ2n) is 3.36. The van der Waals surface area contributed by atoms with E-state index in [1.165, 1.54) is 11.8 Å². The maximum atomic E-state index is 13.5. The van der Waals surface area contributed by atoms with Crippen LogP contribution in [-0.2, 0) is 0 Å². The van der Waals surface area contributed by atoms with Crippen LogP contribution in [-0.4, -0.2) is 9.97 Å². The molecule has 1 aromatic carbocycles. The highest BCUT2D eigenvalue weighted by atomic mass is 32.2. The fourth-order valence-electron chi connectivity index (χ4n) is 1.27. The van der Waals surface area contributed by atoms with Gasteiger partial charge in [-0.1, -0.05) is 30.0 Å². The molecule has 0 fully saturated rings. The van der Waals surface area contributed by atoms with Gasteiger partial charge in [-0.2, -0.15) is 0 Å². The molecule has 0 bridgehead atoms. The lowest BCUT2D eigenvalue weighted by atomic mass is 10.2. The predicted molar refractivity (Wildman–Crippen MR) is 65.1 cm³/mol. The third-order valence-electron chi connectivity index (χ3n) is 2.14. The largest absolute Gasteiger partial charge is 0.292 e. The van der Waals surface area contributed by atoms with Crippen molar-refractivity contribution in [1.29, 1.82) is 0 Å². The van der Waals surface area contributed by atoms with Crippen LogP contribution in [0.2, 0.25) is 0 Å². The van der Waals surface area contributed by atoms with E-state index in [1.807, 2.05) is 31.2 Å². The van der Waals surface area contributed by atoms with E-state index < -0.39 is 5.82 Å². The molecule has 0 aliphatic heterocycles. The highest BCUT2D eigenvalue weighted by Gasteiger charge is 2.09. The summed E-state index contributed by atoms with van der Waals surface area (Å²) < 4.78 is 13.5. The topological polar surface area (TPSA) is 63.8 Å². The van der Waals surface area contributed by atoms with Crippen molar-refractivity contribution in [3.8, 4) is 0 Å². The van der Waals surface area contributed by atoms with Crippen LogP contribution in [0, 0.1) is 12.7 Å². The molecule has 0 atom stereocenters. The van der Waals surface area contributed by atoms with E-state index in [0.717, 1.165) is 16.7 Å². The van der Waals surface area contributed by atoms with Gasteiger partial charge in [0.1, 0.15) is 5.03 Å². The maximum Gasteiger partial charge on any atom is 0.238 e. The minimum Gasteiger partial charge on any atom is -0.292 e. The van der Waals surface area contributed by atoms with Gasteiger partial charge in [0.15, 0.2) is 5.82 Å². The summed E-state index contributed by atoms with van der Waals surface area (Å²) in [5.41, 5.74) is 3.36. The van der Waals surface area contributed by atoms with Gasteiger partial charge in [0.05, 0.1) is 6.20 Å². The van der Waals surface area contributed by atoms with Gasteiger partial charge in [-0.25, -0.2) is 20.2 Å². The number of nitrogen functional groups attached to an aromatic ring is 1. The Balaban J connectivity index is 2.32. The zero-order valence-corrected chi connectivity index (χ0v) is 9.96. The Labute approximate surface area is 102 Å². The second kappa shape index (κ2) is 5.11. The summed E-state index contributed by atoms with van der Waals surface area (Å²) in [7, 11) is 0. The monoisotopic (exact) mass is 250 g/mol. The summed E-state index contributed by atoms with van der Waals surface area (Å²) in [6.45, 7) is 1.96. The van der Waals surface area contributed by atoms with E-state index in [4.69, 9.17) is 5.84 Å². The Morgan fingerprint density at radius 2 is 2.12 bits per heavy atom. The molecule has 0 unspecified atom stereocenters. The number of anilines is 1. The van der Waals surface area contributed by atoms with Crippen LogP contribution >= 0.6 is 11.8 Å². The number of aromatic nitrogens is 2. The summed E-state index contributed by atoms with van der Waals surface area (Å²) >= 11 is 1.25. The number of hydrogen-bond acceptors (Lipinski definition) is 5. The summed E-state index contributed by atoms with van der Waals surface area (Å²) in [5, 5.41) is 0.252. The van der Waals surface area contributed by atoms with E-state index in [-0.39, 0.29) is 11.0 Å². The number of hydrogen-bond donors (Lipinski definition) is 2. The molecular weight excluding hydrogens is 239 g/mol. The standard InChI is InChI=1S/C11H11FN4S/c1-7-4-2-3-5-9(7)17-10-8(12)6-14-11(15-10)16-13/h2-6H,13H2,1H3,(H,14,15,16). The summed E-state index contributed by atoms with van der Waals surface area (Å²) in [6.07, 6.45) is 1.10. The molecule has 0 aliphatic rings. The van der Waals surface area contributed by atoms with Crippen LogP contribution < -0.4 is 11.3 Å². The fourth-order valence-corrected chi connectivity index (χ4v) is 2.13. The molecule has 4 nitrogen and oxygen atoms in total. The highest BCUT2D eigenvalue weighted by Crippen LogP contribution is 2.30. The number of nitrogens with two attached hydrogens (primary N) is 1. The molecular formula is C11H11FN4S. The zero-order valence-electron chi connectivity index (χ0n) is 9.14. The van der Waals surface area contributed by atoms with Crippen LogP contribution in [0.25, 0.3) is 0 Å². The van der Waals surface area contributed by atoms with Gasteiger partial charge >= 0.3 is 0 Å². The Morgan fingerprint density at radius 3 is 2.82 bits per heavy atom. The molecule has 3 N–H and O–H groups in total. The normalized spacial score (nSPS) is 10.3. The van der Waals surface area contributed by atoms with Crippen molar-refractivity contribution < 1.29 is 4.39 Å². The molecule has 0 spiro atoms. The number of benzene rings is 1. The van der Waals surface area contributed by atoms with Crippen molar-refractivity contribution in [2.75, 3.05) is 5.43 Å². The molecule has 0 amide bonds. The number of rotatable bonds is 3. The Kier molecular flexibility index (Phi) is 3.55. The number of aryl methyl sites for hydroxylation is 1. The lowest BCUT2D eigenvalue weighted by Gasteiger charge is -2.06. The minimum absolute atomic E-state index is 0.197. The summed E-state index contributed by atoms with van der Waals surface area (Å²) in [4.78, 5) is 8.61. The van der Waals surface area contributed by atoms with Crippen LogP contribution in [0.3, 0.4) is 0 Å². The van der Waals surface area contributed by atoms with Crippen molar-refractivity contribution in [1.82, 2.24) is 9.97 Å². The van der Waals surface area contributed by atoms with E-state index >= 15 is 0 Å². The molecule has 2 rings (SSSR count). The lowest BCUT2D eigenvalue weighted by molar-refractivity contribution is 0.580. The Bertz CT molecular complexity index is 533. The van der Waals surface area contributed by atoms with Crippen molar-refractivity contribution in [3.05, 3.63) is 41.8 Å². The molecule has 0 saturated heterocycles.